The number of oxazole rings is 1. The van der Waals surface area contributed by atoms with Crippen molar-refractivity contribution in [3.8, 4) is 11.3 Å². The summed E-state index contributed by atoms with van der Waals surface area (Å²) in [6.45, 7) is 5.98. The van der Waals surface area contributed by atoms with Gasteiger partial charge in [0, 0.05) is 11.0 Å². The molecule has 0 radical (unpaired) electrons. The smallest absolute Gasteiger partial charge is 0.336 e. The fourth-order valence-corrected chi connectivity index (χ4v) is 1.63. The molecule has 94 valence electrons. The first kappa shape index (κ1) is 12.4. The van der Waals surface area contributed by atoms with Crippen LogP contribution in [0.4, 0.5) is 0 Å². The van der Waals surface area contributed by atoms with E-state index in [1.165, 1.54) is 0 Å². The quantitative estimate of drug-likeness (QED) is 0.881. The van der Waals surface area contributed by atoms with E-state index in [0.29, 0.717) is 17.2 Å². The normalized spacial score (nSPS) is 11.5. The number of carbonyl (C=O) groups is 1. The highest BCUT2D eigenvalue weighted by Crippen LogP contribution is 2.29. The molecule has 18 heavy (non-hydrogen) atoms. The molecule has 0 atom stereocenters. The van der Waals surface area contributed by atoms with E-state index in [-0.39, 0.29) is 11.0 Å². The lowest BCUT2D eigenvalue weighted by atomic mass is 9.97. The van der Waals surface area contributed by atoms with Crippen molar-refractivity contribution in [3.63, 3.8) is 0 Å². The zero-order valence-corrected chi connectivity index (χ0v) is 10.6. The van der Waals surface area contributed by atoms with Crippen LogP contribution in [0.3, 0.4) is 0 Å². The van der Waals surface area contributed by atoms with Crippen molar-refractivity contribution in [2.24, 2.45) is 0 Å². The van der Waals surface area contributed by atoms with Gasteiger partial charge in [-0.1, -0.05) is 39.0 Å². The van der Waals surface area contributed by atoms with Crippen LogP contribution < -0.4 is 0 Å². The van der Waals surface area contributed by atoms with Gasteiger partial charge in [0.15, 0.2) is 11.7 Å². The molecule has 2 aromatic rings. The van der Waals surface area contributed by atoms with Crippen molar-refractivity contribution in [3.05, 3.63) is 41.9 Å². The predicted molar refractivity (Wildman–Crippen MR) is 67.6 cm³/mol. The first-order valence-corrected chi connectivity index (χ1v) is 5.68. The van der Waals surface area contributed by atoms with E-state index in [4.69, 9.17) is 9.52 Å². The molecule has 2 rings (SSSR count). The van der Waals surface area contributed by atoms with Crippen LogP contribution in [-0.2, 0) is 5.41 Å². The monoisotopic (exact) mass is 245 g/mol. The van der Waals surface area contributed by atoms with Crippen LogP contribution in [0, 0.1) is 0 Å². The zero-order chi connectivity index (χ0) is 13.3. The standard InChI is InChI=1S/C14H15NO3/c1-14(2,3)13-15-8-11(18-13)9-6-4-5-7-10(9)12(16)17/h4-8H,1-3H3,(H,16,17). The Morgan fingerprint density at radius 3 is 2.50 bits per heavy atom. The van der Waals surface area contributed by atoms with Crippen LogP contribution in [0.2, 0.25) is 0 Å². The molecular formula is C14H15NO3. The van der Waals surface area contributed by atoms with E-state index >= 15 is 0 Å². The largest absolute Gasteiger partial charge is 0.478 e. The number of nitrogens with zero attached hydrogens (tertiary/aromatic N) is 1. The van der Waals surface area contributed by atoms with Crippen molar-refractivity contribution < 1.29 is 14.3 Å². The summed E-state index contributed by atoms with van der Waals surface area (Å²) < 4.78 is 5.65. The van der Waals surface area contributed by atoms with Gasteiger partial charge in [-0.2, -0.15) is 0 Å². The highest BCUT2D eigenvalue weighted by Gasteiger charge is 2.22. The van der Waals surface area contributed by atoms with Crippen LogP contribution >= 0.6 is 0 Å². The Labute approximate surface area is 105 Å². The van der Waals surface area contributed by atoms with Crippen molar-refractivity contribution in [2.75, 3.05) is 0 Å². The third-order valence-electron chi connectivity index (χ3n) is 2.57. The molecule has 0 bridgehead atoms. The Bertz CT molecular complexity index is 579. The molecule has 1 aromatic heterocycles. The molecule has 4 heteroatoms. The summed E-state index contributed by atoms with van der Waals surface area (Å²) in [5.74, 6) is 0.106. The Balaban J connectivity index is 2.50. The van der Waals surface area contributed by atoms with Crippen molar-refractivity contribution >= 4 is 5.97 Å². The number of carboxylic acids is 1. The maximum atomic E-state index is 11.1. The number of aromatic nitrogens is 1. The summed E-state index contributed by atoms with van der Waals surface area (Å²) in [6.07, 6.45) is 1.57. The molecule has 0 aliphatic heterocycles. The number of carboxylic acid groups (broad SMARTS) is 1. The first-order valence-electron chi connectivity index (χ1n) is 5.68. The average Bonchev–Trinajstić information content (AvgIpc) is 2.77. The van der Waals surface area contributed by atoms with Gasteiger partial charge in [-0.05, 0) is 6.07 Å². The fourth-order valence-electron chi connectivity index (χ4n) is 1.63. The van der Waals surface area contributed by atoms with Crippen molar-refractivity contribution in [1.29, 1.82) is 0 Å². The lowest BCUT2D eigenvalue weighted by Gasteiger charge is -2.12. The van der Waals surface area contributed by atoms with Crippen molar-refractivity contribution in [1.82, 2.24) is 4.98 Å². The lowest BCUT2D eigenvalue weighted by molar-refractivity contribution is 0.0697. The van der Waals surface area contributed by atoms with E-state index in [9.17, 15) is 4.79 Å². The maximum Gasteiger partial charge on any atom is 0.336 e. The second kappa shape index (κ2) is 4.29. The van der Waals surface area contributed by atoms with Crippen LogP contribution in [0.25, 0.3) is 11.3 Å². The van der Waals surface area contributed by atoms with E-state index < -0.39 is 5.97 Å². The van der Waals surface area contributed by atoms with Gasteiger partial charge in [0.05, 0.1) is 11.8 Å². The Morgan fingerprint density at radius 2 is 1.94 bits per heavy atom. The lowest BCUT2D eigenvalue weighted by Crippen LogP contribution is -2.10. The molecule has 1 aromatic carbocycles. The number of aromatic carboxylic acids is 1. The summed E-state index contributed by atoms with van der Waals surface area (Å²) in [5, 5.41) is 9.13. The minimum atomic E-state index is -0.973. The molecule has 0 unspecified atom stereocenters. The number of benzene rings is 1. The summed E-state index contributed by atoms with van der Waals surface area (Å²) >= 11 is 0. The molecule has 1 N–H and O–H groups in total. The Kier molecular flexibility index (Phi) is 2.95. The van der Waals surface area contributed by atoms with E-state index in [0.717, 1.165) is 0 Å². The second-order valence-electron chi connectivity index (χ2n) is 5.13. The first-order chi connectivity index (χ1) is 8.39. The minimum absolute atomic E-state index is 0.198. The Hall–Kier alpha value is -2.10. The zero-order valence-electron chi connectivity index (χ0n) is 10.6. The van der Waals surface area contributed by atoms with Crippen molar-refractivity contribution in [2.45, 2.75) is 26.2 Å². The summed E-state index contributed by atoms with van der Waals surface area (Å²) in [6, 6.07) is 6.74. The SMILES string of the molecule is CC(C)(C)c1ncc(-c2ccccc2C(=O)O)o1. The number of hydrogen-bond acceptors (Lipinski definition) is 3. The molecule has 0 amide bonds. The average molecular weight is 245 g/mol. The van der Waals surface area contributed by atoms with Crippen LogP contribution in [0.15, 0.2) is 34.9 Å². The van der Waals surface area contributed by atoms with Gasteiger partial charge in [0.25, 0.3) is 0 Å². The van der Waals surface area contributed by atoms with E-state index in [1.54, 1.807) is 30.5 Å². The van der Waals surface area contributed by atoms with Gasteiger partial charge in [0.1, 0.15) is 0 Å². The molecule has 0 fully saturated rings. The topological polar surface area (TPSA) is 63.3 Å². The second-order valence-corrected chi connectivity index (χ2v) is 5.13. The molecule has 4 nitrogen and oxygen atoms in total. The molecule has 0 spiro atoms. The third kappa shape index (κ3) is 2.27. The van der Waals surface area contributed by atoms with Crippen LogP contribution in [0.5, 0.6) is 0 Å². The molecular weight excluding hydrogens is 230 g/mol. The predicted octanol–water partition coefficient (Wildman–Crippen LogP) is 3.34. The highest BCUT2D eigenvalue weighted by molar-refractivity contribution is 5.95. The Morgan fingerprint density at radius 1 is 1.28 bits per heavy atom. The molecule has 0 saturated carbocycles. The number of rotatable bonds is 2. The van der Waals surface area contributed by atoms with Gasteiger partial charge in [0.2, 0.25) is 0 Å². The van der Waals surface area contributed by atoms with Gasteiger partial charge >= 0.3 is 5.97 Å². The van der Waals surface area contributed by atoms with Gasteiger partial charge in [-0.3, -0.25) is 0 Å². The summed E-state index contributed by atoms with van der Waals surface area (Å²) in [4.78, 5) is 15.3. The number of hydrogen-bond donors (Lipinski definition) is 1. The summed E-state index contributed by atoms with van der Waals surface area (Å²) in [7, 11) is 0. The molecule has 0 aliphatic rings. The van der Waals surface area contributed by atoms with Gasteiger partial charge in [-0.15, -0.1) is 0 Å². The molecule has 0 saturated heterocycles. The molecule has 0 aliphatic carbocycles. The minimum Gasteiger partial charge on any atom is -0.478 e. The summed E-state index contributed by atoms with van der Waals surface area (Å²) in [5.41, 5.74) is 0.568. The molecule has 1 heterocycles. The van der Waals surface area contributed by atoms with E-state index in [1.807, 2.05) is 20.8 Å². The van der Waals surface area contributed by atoms with E-state index in [2.05, 4.69) is 4.98 Å². The van der Waals surface area contributed by atoms with Crippen LogP contribution in [-0.4, -0.2) is 16.1 Å². The third-order valence-corrected chi connectivity index (χ3v) is 2.57. The van der Waals surface area contributed by atoms with Gasteiger partial charge < -0.3 is 9.52 Å². The maximum absolute atomic E-state index is 11.1. The van der Waals surface area contributed by atoms with Crippen LogP contribution in [0.1, 0.15) is 37.0 Å². The van der Waals surface area contributed by atoms with Gasteiger partial charge in [-0.25, -0.2) is 9.78 Å². The fraction of sp³-hybridized carbons (Fsp3) is 0.286. The highest BCUT2D eigenvalue weighted by atomic mass is 16.4.